The molecule has 2 aliphatic carbocycles. The number of aryl methyl sites for hydroxylation is 2. The van der Waals surface area contributed by atoms with Crippen LogP contribution < -0.4 is 0 Å². The van der Waals surface area contributed by atoms with Crippen molar-refractivity contribution in [1.82, 2.24) is 0 Å². The Balaban J connectivity index is 0.000000154. The molecule has 5 aromatic rings. The summed E-state index contributed by atoms with van der Waals surface area (Å²) >= 11 is 1.50. The normalized spacial score (nSPS) is 17.4. The van der Waals surface area contributed by atoms with Crippen LogP contribution in [0.3, 0.4) is 0 Å². The molecular weight excluding hydrogens is 668 g/mol. The second-order valence-corrected chi connectivity index (χ2v) is 19.0. The van der Waals surface area contributed by atoms with Gasteiger partial charge in [0.15, 0.2) is 0 Å². The van der Waals surface area contributed by atoms with Gasteiger partial charge in [0.2, 0.25) is 0 Å². The van der Waals surface area contributed by atoms with E-state index >= 15 is 0 Å². The molecule has 49 heavy (non-hydrogen) atoms. The molecule has 5 aromatic carbocycles. The standard InChI is InChI=1S/C23H29.C13H19.C12H10.Zr/c1-14-9-16-11-17-10-15(2)21(23(6,7)8)13-19(17)18(16)12-20(14)22(3,4)5;1-11-6-7-12(10-11)13(2)8-4-3-5-9-13;1-2-10-7-8-11-5-3-4-6-12(11)9-10;/h9-13H,1-8H3;7,10-11H,3-5,8-9H2,1-2H3;3-9H,1H3;/q2*-1;;+2. The van der Waals surface area contributed by atoms with Crippen LogP contribution in [0.25, 0.3) is 32.3 Å². The summed E-state index contributed by atoms with van der Waals surface area (Å²) in [5.41, 5.74) is 9.47. The topological polar surface area (TPSA) is 0 Å². The Hall–Kier alpha value is -2.76. The van der Waals surface area contributed by atoms with Gasteiger partial charge >= 0.3 is 93.2 Å². The monoisotopic (exact) mass is 724 g/mol. The van der Waals surface area contributed by atoms with E-state index < -0.39 is 0 Å². The van der Waals surface area contributed by atoms with Crippen molar-refractivity contribution in [2.75, 3.05) is 0 Å². The van der Waals surface area contributed by atoms with Crippen LogP contribution >= 0.6 is 0 Å². The second-order valence-electron chi connectivity index (χ2n) is 17.2. The van der Waals surface area contributed by atoms with Crippen molar-refractivity contribution < 1.29 is 24.2 Å². The van der Waals surface area contributed by atoms with Crippen LogP contribution in [0.4, 0.5) is 0 Å². The van der Waals surface area contributed by atoms with Crippen molar-refractivity contribution >= 4 is 35.5 Å². The molecular formula is C48H58Zr. The van der Waals surface area contributed by atoms with E-state index in [4.69, 9.17) is 0 Å². The molecule has 0 amide bonds. The summed E-state index contributed by atoms with van der Waals surface area (Å²) in [7, 11) is 0. The van der Waals surface area contributed by atoms with E-state index in [1.807, 2.05) is 0 Å². The predicted molar refractivity (Wildman–Crippen MR) is 214 cm³/mol. The molecule has 254 valence electrons. The van der Waals surface area contributed by atoms with Gasteiger partial charge in [-0.05, 0) is 24.7 Å². The Morgan fingerprint density at radius 3 is 1.76 bits per heavy atom. The molecule has 0 spiro atoms. The van der Waals surface area contributed by atoms with Crippen molar-refractivity contribution in [2.45, 2.75) is 119 Å². The summed E-state index contributed by atoms with van der Waals surface area (Å²) in [6.07, 6.45) is 15.0. The van der Waals surface area contributed by atoms with Crippen molar-refractivity contribution in [3.63, 3.8) is 0 Å². The molecule has 0 nitrogen and oxygen atoms in total. The van der Waals surface area contributed by atoms with E-state index in [-0.39, 0.29) is 10.8 Å². The molecule has 1 heteroatoms. The van der Waals surface area contributed by atoms with Gasteiger partial charge in [0, 0.05) is 0 Å². The van der Waals surface area contributed by atoms with Gasteiger partial charge in [0.1, 0.15) is 0 Å². The largest absolute Gasteiger partial charge is 0.126 e. The first-order valence-electron chi connectivity index (χ1n) is 18.5. The minimum absolute atomic E-state index is 0.180. The number of hydrogen-bond donors (Lipinski definition) is 0. The Labute approximate surface area is 312 Å². The zero-order valence-corrected chi connectivity index (χ0v) is 34.7. The molecule has 0 N–H and O–H groups in total. The van der Waals surface area contributed by atoms with Crippen molar-refractivity contribution in [3.8, 4) is 0 Å². The van der Waals surface area contributed by atoms with Gasteiger partial charge in [-0.1, -0.05) is 133 Å². The van der Waals surface area contributed by atoms with Crippen LogP contribution in [0, 0.1) is 31.3 Å². The van der Waals surface area contributed by atoms with Gasteiger partial charge < -0.3 is 0 Å². The SMILES string of the molecule is CC1[C-]=CC(C2(C)CCCCC2)=C1.C[C](=[Zr+2])c1ccc2ccccc2c1.Cc1cc2[cH-]c3cc(C)c(C(C)(C)C)cc3c2cc1C(C)(C)C. The zero-order valence-electron chi connectivity index (χ0n) is 32.2. The van der Waals surface area contributed by atoms with E-state index in [0.717, 1.165) is 0 Å². The van der Waals surface area contributed by atoms with Gasteiger partial charge in [-0.25, -0.2) is 6.08 Å². The summed E-state index contributed by atoms with van der Waals surface area (Å²) in [4.78, 5) is 0. The second kappa shape index (κ2) is 14.8. The maximum absolute atomic E-state index is 3.37. The fourth-order valence-corrected chi connectivity index (χ4v) is 8.34. The molecule has 0 bridgehead atoms. The van der Waals surface area contributed by atoms with Gasteiger partial charge in [-0.3, -0.25) is 6.08 Å². The molecule has 2 aliphatic rings. The first-order chi connectivity index (χ1) is 23.0. The number of fused-ring (bicyclic) bond motifs is 4. The quantitative estimate of drug-likeness (QED) is 0.159. The van der Waals surface area contributed by atoms with Gasteiger partial charge in [0.05, 0.1) is 0 Å². The predicted octanol–water partition coefficient (Wildman–Crippen LogP) is 13.7. The van der Waals surface area contributed by atoms with E-state index in [1.165, 1.54) is 120 Å². The third-order valence-corrected chi connectivity index (χ3v) is 11.5. The average molecular weight is 726 g/mol. The number of hydrogen-bond acceptors (Lipinski definition) is 0. The Bertz CT molecular complexity index is 1950. The molecule has 0 radical (unpaired) electrons. The molecule has 1 atom stereocenters. The summed E-state index contributed by atoms with van der Waals surface area (Å²) in [6.45, 7) is 25.1. The van der Waals surface area contributed by atoms with Crippen molar-refractivity contribution in [2.24, 2.45) is 11.3 Å². The minimum atomic E-state index is 0.180. The van der Waals surface area contributed by atoms with Crippen LogP contribution in [0.5, 0.6) is 0 Å². The number of benzene rings is 4. The molecule has 1 fully saturated rings. The molecule has 1 unspecified atom stereocenters. The van der Waals surface area contributed by atoms with E-state index in [2.05, 4.69) is 167 Å². The van der Waals surface area contributed by atoms with Crippen molar-refractivity contribution in [1.29, 1.82) is 0 Å². The summed E-state index contributed by atoms with van der Waals surface area (Å²) in [6, 6.07) is 27.1. The summed E-state index contributed by atoms with van der Waals surface area (Å²) in [5, 5.41) is 8.21. The molecule has 0 heterocycles. The third kappa shape index (κ3) is 8.77. The first-order valence-corrected chi connectivity index (χ1v) is 19.7. The first kappa shape index (κ1) is 37.5. The van der Waals surface area contributed by atoms with Gasteiger partial charge in [-0.15, -0.1) is 39.7 Å². The average Bonchev–Trinajstić information content (AvgIpc) is 3.62. The maximum Gasteiger partial charge on any atom is -0.0142 e. The molecule has 0 aliphatic heterocycles. The molecule has 7 rings (SSSR count). The summed E-state index contributed by atoms with van der Waals surface area (Å²) < 4.78 is 1.46. The Morgan fingerprint density at radius 2 is 1.29 bits per heavy atom. The number of allylic oxidation sites excluding steroid dienone is 4. The Kier molecular flexibility index (Phi) is 11.4. The molecule has 0 aromatic heterocycles. The van der Waals surface area contributed by atoms with E-state index in [1.54, 1.807) is 5.57 Å². The fourth-order valence-electron chi connectivity index (χ4n) is 7.95. The maximum atomic E-state index is 3.37. The molecule has 0 saturated heterocycles. The van der Waals surface area contributed by atoms with Crippen LogP contribution in [0.2, 0.25) is 0 Å². The van der Waals surface area contributed by atoms with Gasteiger partial charge in [0.25, 0.3) is 0 Å². The van der Waals surface area contributed by atoms with Crippen molar-refractivity contribution in [3.05, 3.63) is 124 Å². The zero-order chi connectivity index (χ0) is 35.7. The van der Waals surface area contributed by atoms with E-state index in [0.29, 0.717) is 11.3 Å². The van der Waals surface area contributed by atoms with Crippen LogP contribution in [0.1, 0.15) is 122 Å². The minimum Gasteiger partial charge on any atom is -0.126 e. The van der Waals surface area contributed by atoms with Gasteiger partial charge in [-0.2, -0.15) is 11.6 Å². The molecule has 1 saturated carbocycles. The number of rotatable bonds is 2. The van der Waals surface area contributed by atoms with Crippen LogP contribution in [0.15, 0.2) is 90.5 Å². The Morgan fingerprint density at radius 1 is 0.755 bits per heavy atom. The third-order valence-electron chi connectivity index (χ3n) is 10.8. The smallest absolute Gasteiger partial charge is 0.0142 e. The van der Waals surface area contributed by atoms with Crippen LogP contribution in [-0.2, 0) is 35.1 Å². The fraction of sp³-hybridized carbons (Fsp3) is 0.417. The van der Waals surface area contributed by atoms with Crippen LogP contribution in [-0.4, -0.2) is 3.21 Å². The summed E-state index contributed by atoms with van der Waals surface area (Å²) in [5.74, 6) is 0.550. The van der Waals surface area contributed by atoms with E-state index in [9.17, 15) is 0 Å².